The summed E-state index contributed by atoms with van der Waals surface area (Å²) in [6.07, 6.45) is -4.67. The topological polar surface area (TPSA) is 113 Å². The van der Waals surface area contributed by atoms with E-state index in [1.807, 2.05) is 0 Å². The maximum Gasteiger partial charge on any atom is 0.416 e. The van der Waals surface area contributed by atoms with Crippen molar-refractivity contribution in [1.29, 1.82) is 0 Å². The van der Waals surface area contributed by atoms with Gasteiger partial charge >= 0.3 is 6.18 Å². The van der Waals surface area contributed by atoms with Crippen molar-refractivity contribution in [2.24, 2.45) is 0 Å². The van der Waals surface area contributed by atoms with Crippen LogP contribution in [0.15, 0.2) is 53.4 Å². The molecule has 1 saturated heterocycles. The quantitative estimate of drug-likeness (QED) is 0.511. The van der Waals surface area contributed by atoms with Gasteiger partial charge in [-0.15, -0.1) is 0 Å². The normalized spacial score (nSPS) is 15.4. The second-order valence-corrected chi connectivity index (χ2v) is 8.88. The molecular formula is C19H19F3N4O5S. The van der Waals surface area contributed by atoms with Crippen molar-refractivity contribution >= 4 is 27.3 Å². The van der Waals surface area contributed by atoms with Crippen LogP contribution in [-0.2, 0) is 21.0 Å². The largest absolute Gasteiger partial charge is 0.416 e. The van der Waals surface area contributed by atoms with Crippen LogP contribution < -0.4 is 5.32 Å². The lowest BCUT2D eigenvalue weighted by Gasteiger charge is -2.34. The number of nitrogens with zero attached hydrogens (tertiary/aromatic N) is 3. The maximum absolute atomic E-state index is 12.9. The molecule has 0 aliphatic carbocycles. The predicted octanol–water partition coefficient (Wildman–Crippen LogP) is 2.56. The SMILES string of the molecule is O=C(CNc1ccccc1[N+](=O)[O-])N1CCN(S(=O)(=O)c2cccc(C(F)(F)F)c2)CC1. The number of benzene rings is 2. The third kappa shape index (κ3) is 5.16. The number of hydrogen-bond acceptors (Lipinski definition) is 6. The van der Waals surface area contributed by atoms with Crippen LogP contribution in [0.1, 0.15) is 5.56 Å². The third-order valence-corrected chi connectivity index (χ3v) is 6.82. The Morgan fingerprint density at radius 3 is 2.34 bits per heavy atom. The first kappa shape index (κ1) is 23.5. The number of para-hydroxylation sites is 2. The molecule has 1 heterocycles. The number of amides is 1. The van der Waals surface area contributed by atoms with Gasteiger partial charge in [0.2, 0.25) is 15.9 Å². The van der Waals surface area contributed by atoms with Crippen LogP contribution in [-0.4, -0.2) is 61.2 Å². The van der Waals surface area contributed by atoms with E-state index in [1.54, 1.807) is 6.07 Å². The molecule has 13 heteroatoms. The molecule has 0 aromatic heterocycles. The van der Waals surface area contributed by atoms with Gasteiger partial charge < -0.3 is 10.2 Å². The van der Waals surface area contributed by atoms with Crippen LogP contribution in [0.3, 0.4) is 0 Å². The van der Waals surface area contributed by atoms with E-state index in [0.29, 0.717) is 6.07 Å². The van der Waals surface area contributed by atoms with Gasteiger partial charge in [0.15, 0.2) is 0 Å². The first-order valence-electron chi connectivity index (χ1n) is 9.42. The van der Waals surface area contributed by atoms with Gasteiger partial charge in [0, 0.05) is 32.2 Å². The number of halogens is 3. The first-order chi connectivity index (χ1) is 15.0. The van der Waals surface area contributed by atoms with E-state index in [2.05, 4.69) is 5.32 Å². The zero-order chi connectivity index (χ0) is 23.5. The molecule has 0 unspecified atom stereocenters. The Kier molecular flexibility index (Phi) is 6.69. The summed E-state index contributed by atoms with van der Waals surface area (Å²) < 4.78 is 65.2. The minimum absolute atomic E-state index is 0.0373. The molecule has 1 aliphatic heterocycles. The Morgan fingerprint density at radius 1 is 1.06 bits per heavy atom. The summed E-state index contributed by atoms with van der Waals surface area (Å²) in [5.74, 6) is -0.390. The van der Waals surface area contributed by atoms with Crippen molar-refractivity contribution in [2.75, 3.05) is 38.0 Å². The highest BCUT2D eigenvalue weighted by atomic mass is 32.2. The molecule has 0 saturated carbocycles. The van der Waals surface area contributed by atoms with E-state index >= 15 is 0 Å². The lowest BCUT2D eigenvalue weighted by Crippen LogP contribution is -2.51. The average molecular weight is 472 g/mol. The number of alkyl halides is 3. The summed E-state index contributed by atoms with van der Waals surface area (Å²) in [6, 6.07) is 9.34. The number of hydrogen-bond donors (Lipinski definition) is 1. The van der Waals surface area contributed by atoms with E-state index in [-0.39, 0.29) is 50.0 Å². The fourth-order valence-corrected chi connectivity index (χ4v) is 4.69. The van der Waals surface area contributed by atoms with E-state index < -0.39 is 31.6 Å². The monoisotopic (exact) mass is 472 g/mol. The van der Waals surface area contributed by atoms with Crippen LogP contribution in [0.25, 0.3) is 0 Å². The Balaban J connectivity index is 1.61. The van der Waals surface area contributed by atoms with Crippen molar-refractivity contribution in [3.05, 3.63) is 64.2 Å². The van der Waals surface area contributed by atoms with Crippen LogP contribution >= 0.6 is 0 Å². The molecule has 1 N–H and O–H groups in total. The maximum atomic E-state index is 12.9. The summed E-state index contributed by atoms with van der Waals surface area (Å²) in [4.78, 5) is 23.8. The number of carbonyl (C=O) groups is 1. The zero-order valence-electron chi connectivity index (χ0n) is 16.6. The van der Waals surface area contributed by atoms with Crippen molar-refractivity contribution in [1.82, 2.24) is 9.21 Å². The summed E-state index contributed by atoms with van der Waals surface area (Å²) in [7, 11) is -4.16. The smallest absolute Gasteiger partial charge is 0.371 e. The molecule has 172 valence electrons. The number of rotatable bonds is 6. The van der Waals surface area contributed by atoms with E-state index in [0.717, 1.165) is 22.5 Å². The van der Waals surface area contributed by atoms with Crippen LogP contribution in [0.4, 0.5) is 24.5 Å². The van der Waals surface area contributed by atoms with Crippen molar-refractivity contribution in [3.63, 3.8) is 0 Å². The molecule has 3 rings (SSSR count). The fraction of sp³-hybridized carbons (Fsp3) is 0.316. The Labute approximate surface area is 181 Å². The Morgan fingerprint density at radius 2 is 1.72 bits per heavy atom. The average Bonchev–Trinajstić information content (AvgIpc) is 2.77. The molecule has 2 aromatic rings. The lowest BCUT2D eigenvalue weighted by atomic mass is 10.2. The number of sulfonamides is 1. The number of nitro groups is 1. The highest BCUT2D eigenvalue weighted by molar-refractivity contribution is 7.89. The molecule has 9 nitrogen and oxygen atoms in total. The molecule has 1 fully saturated rings. The molecule has 1 amide bonds. The van der Waals surface area contributed by atoms with Gasteiger partial charge in [-0.05, 0) is 24.3 Å². The van der Waals surface area contributed by atoms with E-state index in [4.69, 9.17) is 0 Å². The van der Waals surface area contributed by atoms with E-state index in [1.165, 1.54) is 23.1 Å². The predicted molar refractivity (Wildman–Crippen MR) is 108 cm³/mol. The standard InChI is InChI=1S/C19H19F3N4O5S/c20-19(21,22)14-4-3-5-15(12-14)32(30,31)25-10-8-24(9-11-25)18(27)13-23-16-6-1-2-7-17(16)26(28)29/h1-7,12,23H,8-11,13H2. The summed E-state index contributed by atoms with van der Waals surface area (Å²) in [5, 5.41) is 13.7. The molecule has 2 aromatic carbocycles. The van der Waals surface area contributed by atoms with Crippen LogP contribution in [0, 0.1) is 10.1 Å². The van der Waals surface area contributed by atoms with Gasteiger partial charge in [-0.2, -0.15) is 17.5 Å². The molecule has 0 spiro atoms. The van der Waals surface area contributed by atoms with Crippen molar-refractivity contribution in [3.8, 4) is 0 Å². The van der Waals surface area contributed by atoms with Gasteiger partial charge in [-0.3, -0.25) is 14.9 Å². The molecule has 0 radical (unpaired) electrons. The summed E-state index contributed by atoms with van der Waals surface area (Å²) in [6.45, 7) is -0.331. The molecule has 0 bridgehead atoms. The minimum Gasteiger partial charge on any atom is -0.371 e. The molecular weight excluding hydrogens is 453 g/mol. The second-order valence-electron chi connectivity index (χ2n) is 6.94. The molecule has 32 heavy (non-hydrogen) atoms. The number of carbonyl (C=O) groups excluding carboxylic acids is 1. The highest BCUT2D eigenvalue weighted by Gasteiger charge is 2.34. The number of anilines is 1. The van der Waals surface area contributed by atoms with Crippen molar-refractivity contribution in [2.45, 2.75) is 11.1 Å². The fourth-order valence-electron chi connectivity index (χ4n) is 3.22. The van der Waals surface area contributed by atoms with Gasteiger partial charge in [-0.25, -0.2) is 8.42 Å². The Bertz CT molecular complexity index is 1120. The van der Waals surface area contributed by atoms with E-state index in [9.17, 15) is 36.5 Å². The van der Waals surface area contributed by atoms with Gasteiger partial charge in [0.05, 0.1) is 21.9 Å². The van der Waals surface area contributed by atoms with Gasteiger partial charge in [0.25, 0.3) is 5.69 Å². The summed E-state index contributed by atoms with van der Waals surface area (Å²) in [5.41, 5.74) is -1.07. The number of piperazine rings is 1. The Hall–Kier alpha value is -3.19. The highest BCUT2D eigenvalue weighted by Crippen LogP contribution is 2.31. The van der Waals surface area contributed by atoms with Crippen LogP contribution in [0.5, 0.6) is 0 Å². The summed E-state index contributed by atoms with van der Waals surface area (Å²) >= 11 is 0. The molecule has 1 aliphatic rings. The molecule has 0 atom stereocenters. The minimum atomic E-state index is -4.67. The third-order valence-electron chi connectivity index (χ3n) is 4.92. The zero-order valence-corrected chi connectivity index (χ0v) is 17.4. The first-order valence-corrected chi connectivity index (χ1v) is 10.9. The van der Waals surface area contributed by atoms with Crippen LogP contribution in [0.2, 0.25) is 0 Å². The number of nitrogens with one attached hydrogen (secondary N) is 1. The van der Waals surface area contributed by atoms with Crippen molar-refractivity contribution < 1.29 is 31.3 Å². The second kappa shape index (κ2) is 9.12. The lowest BCUT2D eigenvalue weighted by molar-refractivity contribution is -0.383. The number of nitro benzene ring substituents is 1. The van der Waals surface area contributed by atoms with Gasteiger partial charge in [-0.1, -0.05) is 18.2 Å². The van der Waals surface area contributed by atoms with Gasteiger partial charge in [0.1, 0.15) is 5.69 Å².